The molecule has 0 aliphatic rings. The van der Waals surface area contributed by atoms with Crippen LogP contribution in [0.4, 0.5) is 5.69 Å². The van der Waals surface area contributed by atoms with Crippen LogP contribution in [0.3, 0.4) is 0 Å². The molecule has 0 aliphatic carbocycles. The summed E-state index contributed by atoms with van der Waals surface area (Å²) in [5.74, 6) is -1.19. The predicted molar refractivity (Wildman–Crippen MR) is 97.1 cm³/mol. The van der Waals surface area contributed by atoms with Gasteiger partial charge in [0, 0.05) is 23.1 Å². The lowest BCUT2D eigenvalue weighted by Crippen LogP contribution is -2.43. The summed E-state index contributed by atoms with van der Waals surface area (Å²) in [6.07, 6.45) is 0. The van der Waals surface area contributed by atoms with Gasteiger partial charge >= 0.3 is 5.63 Å². The molecule has 2 N–H and O–H groups in total. The molecular weight excluding hydrogens is 370 g/mol. The number of carbonyl (C=O) groups excluding carboxylic acids is 2. The van der Waals surface area contributed by atoms with Gasteiger partial charge in [0.25, 0.3) is 17.5 Å². The second-order valence-electron chi connectivity index (χ2n) is 5.57. The van der Waals surface area contributed by atoms with E-state index in [4.69, 9.17) is 9.15 Å². The van der Waals surface area contributed by atoms with Crippen LogP contribution in [0, 0.1) is 10.1 Å². The van der Waals surface area contributed by atoms with Crippen molar-refractivity contribution in [2.75, 3.05) is 7.11 Å². The Morgan fingerprint density at radius 1 is 1.07 bits per heavy atom. The molecule has 0 atom stereocenters. The van der Waals surface area contributed by atoms with E-state index in [1.165, 1.54) is 37.4 Å². The normalized spacial score (nSPS) is 10.3. The van der Waals surface area contributed by atoms with Crippen LogP contribution >= 0.6 is 0 Å². The monoisotopic (exact) mass is 383 g/mol. The average molecular weight is 383 g/mol. The zero-order chi connectivity index (χ0) is 20.3. The number of hydrogen-bond donors (Lipinski definition) is 2. The van der Waals surface area contributed by atoms with E-state index >= 15 is 0 Å². The summed E-state index contributed by atoms with van der Waals surface area (Å²) in [5.41, 5.74) is 2.91. The Labute approximate surface area is 156 Å². The van der Waals surface area contributed by atoms with Gasteiger partial charge in [-0.3, -0.25) is 30.6 Å². The zero-order valence-corrected chi connectivity index (χ0v) is 14.4. The molecule has 0 unspecified atom stereocenters. The van der Waals surface area contributed by atoms with Crippen molar-refractivity contribution >= 4 is 28.5 Å². The predicted octanol–water partition coefficient (Wildman–Crippen LogP) is 1.78. The fourth-order valence-corrected chi connectivity index (χ4v) is 2.40. The first-order valence-electron chi connectivity index (χ1n) is 7.86. The highest BCUT2D eigenvalue weighted by atomic mass is 16.6. The number of hydrazine groups is 1. The van der Waals surface area contributed by atoms with Gasteiger partial charge in [0.15, 0.2) is 0 Å². The number of benzene rings is 2. The molecule has 0 spiro atoms. The first kappa shape index (κ1) is 18.6. The number of ether oxygens (including phenoxy) is 1. The largest absolute Gasteiger partial charge is 0.497 e. The Morgan fingerprint density at radius 2 is 1.82 bits per heavy atom. The van der Waals surface area contributed by atoms with Crippen molar-refractivity contribution in [1.29, 1.82) is 0 Å². The lowest BCUT2D eigenvalue weighted by molar-refractivity contribution is -0.384. The van der Waals surface area contributed by atoms with E-state index in [-0.39, 0.29) is 22.4 Å². The summed E-state index contributed by atoms with van der Waals surface area (Å²) in [4.78, 5) is 46.5. The second-order valence-corrected chi connectivity index (χ2v) is 5.57. The van der Waals surface area contributed by atoms with Crippen LogP contribution in [0.2, 0.25) is 0 Å². The number of rotatable bonds is 4. The number of carbonyl (C=O) groups is 2. The summed E-state index contributed by atoms with van der Waals surface area (Å²) < 4.78 is 10.2. The van der Waals surface area contributed by atoms with Crippen molar-refractivity contribution in [2.45, 2.75) is 0 Å². The molecule has 2 amide bonds. The van der Waals surface area contributed by atoms with Crippen LogP contribution in [0.15, 0.2) is 57.7 Å². The molecule has 142 valence electrons. The lowest BCUT2D eigenvalue weighted by Gasteiger charge is -2.08. The average Bonchev–Trinajstić information content (AvgIpc) is 2.70. The third-order valence-electron chi connectivity index (χ3n) is 3.79. The number of non-ortho nitro benzene ring substituents is 1. The topological polar surface area (TPSA) is 141 Å². The smallest absolute Gasteiger partial charge is 0.349 e. The summed E-state index contributed by atoms with van der Waals surface area (Å²) in [6, 6.07) is 11.0. The van der Waals surface area contributed by atoms with Crippen LogP contribution in [-0.4, -0.2) is 23.8 Å². The van der Waals surface area contributed by atoms with E-state index in [1.54, 1.807) is 12.1 Å². The molecule has 3 aromatic rings. The van der Waals surface area contributed by atoms with E-state index in [9.17, 15) is 24.5 Å². The molecule has 10 nitrogen and oxygen atoms in total. The summed E-state index contributed by atoms with van der Waals surface area (Å²) in [5, 5.41) is 11.2. The van der Waals surface area contributed by atoms with Crippen molar-refractivity contribution in [3.8, 4) is 5.75 Å². The van der Waals surface area contributed by atoms with Crippen molar-refractivity contribution in [2.24, 2.45) is 0 Å². The highest BCUT2D eigenvalue weighted by molar-refractivity contribution is 6.00. The van der Waals surface area contributed by atoms with Gasteiger partial charge in [-0.25, -0.2) is 4.79 Å². The van der Waals surface area contributed by atoms with Gasteiger partial charge in [-0.15, -0.1) is 0 Å². The fraction of sp³-hybridized carbons (Fsp3) is 0.0556. The molecule has 2 aromatic carbocycles. The van der Waals surface area contributed by atoms with Gasteiger partial charge in [0.2, 0.25) is 0 Å². The number of amides is 2. The number of nitrogens with zero attached hydrogens (tertiary/aromatic N) is 1. The van der Waals surface area contributed by atoms with Gasteiger partial charge in [-0.1, -0.05) is 6.07 Å². The number of nitrogens with one attached hydrogen (secondary N) is 2. The minimum atomic E-state index is -0.905. The Morgan fingerprint density at radius 3 is 2.54 bits per heavy atom. The molecule has 0 bridgehead atoms. The van der Waals surface area contributed by atoms with Crippen molar-refractivity contribution in [3.63, 3.8) is 0 Å². The molecule has 0 fully saturated rings. The summed E-state index contributed by atoms with van der Waals surface area (Å²) in [6.45, 7) is 0. The molecular formula is C18H13N3O7. The second kappa shape index (κ2) is 7.58. The third-order valence-corrected chi connectivity index (χ3v) is 3.79. The SMILES string of the molecule is COc1ccc2oc(=O)c(C(=O)NNC(=O)c3cccc([N+](=O)[O-])c3)cc2c1. The standard InChI is InChI=1S/C18H13N3O7/c1-27-13-5-6-15-11(8-13)9-14(18(24)28-15)17(23)20-19-16(22)10-3-2-4-12(7-10)21(25)26/h2-9H,1H3,(H,19,22)(H,20,23). The number of fused-ring (bicyclic) bond motifs is 1. The molecule has 0 saturated carbocycles. The number of hydrogen-bond acceptors (Lipinski definition) is 7. The molecule has 3 rings (SSSR count). The van der Waals surface area contributed by atoms with Crippen LogP contribution in [0.5, 0.6) is 5.75 Å². The zero-order valence-electron chi connectivity index (χ0n) is 14.4. The third kappa shape index (κ3) is 3.80. The van der Waals surface area contributed by atoms with Gasteiger partial charge in [-0.2, -0.15) is 0 Å². The minimum Gasteiger partial charge on any atom is -0.497 e. The molecule has 1 heterocycles. The minimum absolute atomic E-state index is 0.0372. The summed E-state index contributed by atoms with van der Waals surface area (Å²) in [7, 11) is 1.47. The van der Waals surface area contributed by atoms with Crippen molar-refractivity contribution in [3.05, 3.63) is 80.2 Å². The van der Waals surface area contributed by atoms with E-state index in [0.717, 1.165) is 6.07 Å². The maximum atomic E-state index is 12.2. The Kier molecular flexibility index (Phi) is 5.03. The molecule has 1 aromatic heterocycles. The van der Waals surface area contributed by atoms with E-state index in [0.29, 0.717) is 11.1 Å². The van der Waals surface area contributed by atoms with Crippen LogP contribution in [0.1, 0.15) is 20.7 Å². The molecule has 0 radical (unpaired) electrons. The maximum Gasteiger partial charge on any atom is 0.349 e. The van der Waals surface area contributed by atoms with Crippen LogP contribution < -0.4 is 21.2 Å². The maximum absolute atomic E-state index is 12.2. The van der Waals surface area contributed by atoms with E-state index in [1.807, 2.05) is 0 Å². The number of nitro groups is 1. The number of nitro benzene ring substituents is 1. The summed E-state index contributed by atoms with van der Waals surface area (Å²) >= 11 is 0. The van der Waals surface area contributed by atoms with Gasteiger partial charge in [0.05, 0.1) is 12.0 Å². The fourth-order valence-electron chi connectivity index (χ4n) is 2.40. The highest BCUT2D eigenvalue weighted by Crippen LogP contribution is 2.20. The van der Waals surface area contributed by atoms with Gasteiger partial charge < -0.3 is 9.15 Å². The molecule has 28 heavy (non-hydrogen) atoms. The van der Waals surface area contributed by atoms with Crippen LogP contribution in [-0.2, 0) is 0 Å². The van der Waals surface area contributed by atoms with Crippen LogP contribution in [0.25, 0.3) is 11.0 Å². The Hall–Kier alpha value is -4.21. The van der Waals surface area contributed by atoms with Gasteiger partial charge in [0.1, 0.15) is 16.9 Å². The van der Waals surface area contributed by atoms with Gasteiger partial charge in [-0.05, 0) is 30.3 Å². The Bertz CT molecular complexity index is 1150. The first-order valence-corrected chi connectivity index (χ1v) is 7.86. The Balaban J connectivity index is 1.78. The molecule has 10 heteroatoms. The van der Waals surface area contributed by atoms with Crippen molar-refractivity contribution in [1.82, 2.24) is 10.9 Å². The quantitative estimate of drug-likeness (QED) is 0.397. The highest BCUT2D eigenvalue weighted by Gasteiger charge is 2.16. The molecule has 0 saturated heterocycles. The van der Waals surface area contributed by atoms with Crippen molar-refractivity contribution < 1.29 is 23.7 Å². The first-order chi connectivity index (χ1) is 13.4. The number of methoxy groups -OCH3 is 1. The van der Waals surface area contributed by atoms with E-state index < -0.39 is 22.4 Å². The van der Waals surface area contributed by atoms with E-state index in [2.05, 4.69) is 10.9 Å². The molecule has 0 aliphatic heterocycles. The lowest BCUT2D eigenvalue weighted by atomic mass is 10.1.